The first-order valence-corrected chi connectivity index (χ1v) is 12.7. The van der Waals surface area contributed by atoms with Crippen LogP contribution in [0.2, 0.25) is 0 Å². The lowest BCUT2D eigenvalue weighted by atomic mass is 9.85. The van der Waals surface area contributed by atoms with E-state index >= 15 is 0 Å². The minimum atomic E-state index is -4.02. The van der Waals surface area contributed by atoms with Crippen LogP contribution in [0.1, 0.15) is 12.8 Å². The molecule has 1 aromatic carbocycles. The van der Waals surface area contributed by atoms with Crippen molar-refractivity contribution >= 4 is 33.5 Å². The average Bonchev–Trinajstić information content (AvgIpc) is 3.03. The van der Waals surface area contributed by atoms with Gasteiger partial charge in [0, 0.05) is 26.2 Å². The van der Waals surface area contributed by atoms with E-state index in [9.17, 15) is 27.9 Å². The largest absolute Gasteiger partial charge is 0.506 e. The Kier molecular flexibility index (Phi) is 6.44. The Labute approximate surface area is 192 Å². The van der Waals surface area contributed by atoms with Crippen LogP contribution >= 0.6 is 0 Å². The van der Waals surface area contributed by atoms with E-state index in [0.717, 1.165) is 11.2 Å². The molecule has 3 aliphatic rings. The number of phenols is 1. The van der Waals surface area contributed by atoms with Gasteiger partial charge in [-0.1, -0.05) is 24.3 Å². The lowest BCUT2D eigenvalue weighted by molar-refractivity contribution is -0.145. The smallest absolute Gasteiger partial charge is 0.265 e. The van der Waals surface area contributed by atoms with E-state index in [4.69, 9.17) is 4.18 Å². The molecule has 178 valence electrons. The number of para-hydroxylation sites is 2. The molecule has 0 bridgehead atoms. The Hall–Kier alpha value is -2.92. The van der Waals surface area contributed by atoms with Gasteiger partial charge in [-0.25, -0.2) is 0 Å². The van der Waals surface area contributed by atoms with E-state index in [2.05, 4.69) is 0 Å². The minimum Gasteiger partial charge on any atom is -0.506 e. The maximum atomic E-state index is 13.2. The molecule has 10 nitrogen and oxygen atoms in total. The molecule has 1 aliphatic carbocycles. The summed E-state index contributed by atoms with van der Waals surface area (Å²) in [6.07, 6.45) is 3.95. The normalized spacial score (nSPS) is 24.2. The van der Waals surface area contributed by atoms with Crippen molar-refractivity contribution in [2.45, 2.75) is 18.9 Å². The quantitative estimate of drug-likeness (QED) is 0.353. The van der Waals surface area contributed by atoms with Gasteiger partial charge in [0.15, 0.2) is 6.10 Å². The molecule has 2 heterocycles. The molecule has 0 saturated carbocycles. The Balaban J connectivity index is 1.46. The van der Waals surface area contributed by atoms with Gasteiger partial charge in [0.2, 0.25) is 11.8 Å². The second-order valence-corrected chi connectivity index (χ2v) is 10.1. The van der Waals surface area contributed by atoms with Gasteiger partial charge in [0.05, 0.1) is 30.3 Å². The van der Waals surface area contributed by atoms with Crippen LogP contribution < -0.4 is 4.90 Å². The van der Waals surface area contributed by atoms with Crippen molar-refractivity contribution in [3.63, 3.8) is 0 Å². The molecule has 2 fully saturated rings. The molecular weight excluding hydrogens is 450 g/mol. The fraction of sp³-hybridized carbons (Fsp3) is 0.500. The van der Waals surface area contributed by atoms with E-state index in [1.807, 2.05) is 17.1 Å². The van der Waals surface area contributed by atoms with Gasteiger partial charge in [-0.05, 0) is 25.0 Å². The summed E-state index contributed by atoms with van der Waals surface area (Å²) >= 11 is 0. The zero-order valence-electron chi connectivity index (χ0n) is 18.3. The molecule has 0 spiro atoms. The Morgan fingerprint density at radius 3 is 2.18 bits per heavy atom. The molecule has 2 saturated heterocycles. The highest BCUT2D eigenvalue weighted by atomic mass is 32.2. The maximum Gasteiger partial charge on any atom is 0.265 e. The van der Waals surface area contributed by atoms with Crippen LogP contribution in [0.3, 0.4) is 0 Å². The summed E-state index contributed by atoms with van der Waals surface area (Å²) in [5, 5.41) is 10.1. The molecular formula is C22H27N3O7S. The number of nitrogens with zero attached hydrogens (tertiary/aromatic N) is 3. The van der Waals surface area contributed by atoms with Crippen molar-refractivity contribution in [3.8, 4) is 5.75 Å². The predicted octanol–water partition coefficient (Wildman–Crippen LogP) is 0.337. The number of aromatic hydroxyl groups is 1. The van der Waals surface area contributed by atoms with Gasteiger partial charge < -0.3 is 14.9 Å². The van der Waals surface area contributed by atoms with Crippen LogP contribution in [-0.4, -0.2) is 86.1 Å². The molecule has 0 aromatic heterocycles. The molecule has 1 N–H and O–H groups in total. The zero-order chi connectivity index (χ0) is 23.8. The molecule has 33 heavy (non-hydrogen) atoms. The number of anilines is 1. The first-order chi connectivity index (χ1) is 15.7. The fourth-order valence-corrected chi connectivity index (χ4v) is 5.24. The molecule has 3 unspecified atom stereocenters. The highest BCUT2D eigenvalue weighted by molar-refractivity contribution is 7.86. The zero-order valence-corrected chi connectivity index (χ0v) is 19.1. The van der Waals surface area contributed by atoms with Crippen molar-refractivity contribution in [1.29, 1.82) is 0 Å². The maximum absolute atomic E-state index is 13.2. The van der Waals surface area contributed by atoms with Crippen LogP contribution in [0, 0.1) is 11.8 Å². The minimum absolute atomic E-state index is 0.137. The lowest BCUT2D eigenvalue weighted by Crippen LogP contribution is -2.54. The summed E-state index contributed by atoms with van der Waals surface area (Å²) in [6.45, 7) is 0.955. The number of amides is 3. The van der Waals surface area contributed by atoms with Crippen LogP contribution in [-0.2, 0) is 28.7 Å². The standard InChI is InChI=1S/C22H27N3O7S/c1-33(30,31)32-19(14-25-20(27)15-6-2-3-7-16(15)21(25)28)22(29)24-12-10-23(11-13-24)17-8-4-5-9-18(17)26/h2-5,8-9,15-16,19,26H,6-7,10-14H2,1H3. The molecule has 11 heteroatoms. The van der Waals surface area contributed by atoms with Crippen molar-refractivity contribution in [1.82, 2.24) is 9.80 Å². The van der Waals surface area contributed by atoms with Crippen molar-refractivity contribution in [3.05, 3.63) is 36.4 Å². The fourth-order valence-electron chi connectivity index (χ4n) is 4.68. The van der Waals surface area contributed by atoms with Gasteiger partial charge in [0.25, 0.3) is 16.0 Å². The van der Waals surface area contributed by atoms with E-state index in [1.165, 1.54) is 4.90 Å². The average molecular weight is 478 g/mol. The van der Waals surface area contributed by atoms with Gasteiger partial charge in [0.1, 0.15) is 5.75 Å². The third-order valence-corrected chi connectivity index (χ3v) is 6.91. The summed E-state index contributed by atoms with van der Waals surface area (Å²) < 4.78 is 28.8. The predicted molar refractivity (Wildman–Crippen MR) is 119 cm³/mol. The summed E-state index contributed by atoms with van der Waals surface area (Å²) in [7, 11) is -4.02. The number of hydrogen-bond donors (Lipinski definition) is 1. The first-order valence-electron chi connectivity index (χ1n) is 10.9. The number of phenolic OH excluding ortho intramolecular Hbond substituents is 1. The number of carbonyl (C=O) groups is 3. The van der Waals surface area contributed by atoms with E-state index in [-0.39, 0.29) is 18.8 Å². The van der Waals surface area contributed by atoms with Crippen molar-refractivity contribution in [2.75, 3.05) is 43.9 Å². The highest BCUT2D eigenvalue weighted by Gasteiger charge is 2.49. The van der Waals surface area contributed by atoms with E-state index in [0.29, 0.717) is 31.6 Å². The number of hydrogen-bond acceptors (Lipinski definition) is 8. The van der Waals surface area contributed by atoms with Crippen molar-refractivity contribution < 1.29 is 32.1 Å². The van der Waals surface area contributed by atoms with Crippen LogP contribution in [0.25, 0.3) is 0 Å². The SMILES string of the molecule is CS(=O)(=O)OC(CN1C(=O)C2CC=CCC2C1=O)C(=O)N1CCN(c2ccccc2O)CC1. The monoisotopic (exact) mass is 477 g/mol. The van der Waals surface area contributed by atoms with Gasteiger partial charge in [-0.2, -0.15) is 8.42 Å². The summed E-state index contributed by atoms with van der Waals surface area (Å²) in [5.74, 6) is -2.19. The summed E-state index contributed by atoms with van der Waals surface area (Å²) in [5.41, 5.74) is 0.651. The first kappa shape index (κ1) is 23.2. The molecule has 2 aliphatic heterocycles. The molecule has 3 amide bonds. The third-order valence-electron chi connectivity index (χ3n) is 6.33. The molecule has 3 atom stereocenters. The van der Waals surface area contributed by atoms with Crippen LogP contribution in [0.5, 0.6) is 5.75 Å². The second kappa shape index (κ2) is 9.14. The highest BCUT2D eigenvalue weighted by Crippen LogP contribution is 2.35. The summed E-state index contributed by atoms with van der Waals surface area (Å²) in [6, 6.07) is 6.89. The van der Waals surface area contributed by atoms with E-state index < -0.39 is 52.3 Å². The van der Waals surface area contributed by atoms with Crippen LogP contribution in [0.4, 0.5) is 5.69 Å². The Morgan fingerprint density at radius 2 is 1.64 bits per heavy atom. The van der Waals surface area contributed by atoms with Gasteiger partial charge in [-0.3, -0.25) is 23.5 Å². The number of likely N-dealkylation sites (tertiary alicyclic amines) is 1. The Morgan fingerprint density at radius 1 is 1.06 bits per heavy atom. The summed E-state index contributed by atoms with van der Waals surface area (Å²) in [4.78, 5) is 43.2. The third kappa shape index (κ3) is 4.88. The number of piperazine rings is 1. The second-order valence-electron chi connectivity index (χ2n) is 8.53. The molecule has 0 radical (unpaired) electrons. The number of rotatable bonds is 6. The van der Waals surface area contributed by atoms with E-state index in [1.54, 1.807) is 24.3 Å². The number of fused-ring (bicyclic) bond motifs is 1. The van der Waals surface area contributed by atoms with Gasteiger partial charge >= 0.3 is 0 Å². The molecule has 1 aromatic rings. The topological polar surface area (TPSA) is 125 Å². The van der Waals surface area contributed by atoms with Crippen molar-refractivity contribution in [2.24, 2.45) is 11.8 Å². The Bertz CT molecular complexity index is 1050. The number of imide groups is 1. The van der Waals surface area contributed by atoms with Gasteiger partial charge in [-0.15, -0.1) is 0 Å². The lowest BCUT2D eigenvalue weighted by Gasteiger charge is -2.37. The number of carbonyl (C=O) groups excluding carboxylic acids is 3. The number of benzene rings is 1. The van der Waals surface area contributed by atoms with Crippen LogP contribution in [0.15, 0.2) is 36.4 Å². The molecule has 4 rings (SSSR count). The number of allylic oxidation sites excluding steroid dienone is 2.